The zero-order chi connectivity index (χ0) is 10.7. The molecule has 0 aliphatic heterocycles. The molecular formula is C11H10BrNO2. The van der Waals surface area contributed by atoms with Crippen molar-refractivity contribution >= 4 is 15.9 Å². The van der Waals surface area contributed by atoms with Gasteiger partial charge in [0.25, 0.3) is 5.95 Å². The van der Waals surface area contributed by atoms with E-state index in [4.69, 9.17) is 14.9 Å². The summed E-state index contributed by atoms with van der Waals surface area (Å²) in [6.45, 7) is 0.379. The summed E-state index contributed by atoms with van der Waals surface area (Å²) < 4.78 is 11.8. The van der Waals surface area contributed by atoms with Crippen molar-refractivity contribution < 1.29 is 9.15 Å². The van der Waals surface area contributed by atoms with Gasteiger partial charge < -0.3 is 14.9 Å². The predicted octanol–water partition coefficient (Wildman–Crippen LogP) is 3.29. The largest absolute Gasteiger partial charge is 0.429 e. The van der Waals surface area contributed by atoms with Crippen LogP contribution in [0.5, 0.6) is 11.7 Å². The van der Waals surface area contributed by atoms with Crippen LogP contribution in [0.1, 0.15) is 5.76 Å². The Morgan fingerprint density at radius 2 is 1.87 bits per heavy atom. The SMILES string of the molecule is NCc1ccc(Oc2ccc(Br)cc2)o1. The van der Waals surface area contributed by atoms with Gasteiger partial charge in [0.1, 0.15) is 11.5 Å². The van der Waals surface area contributed by atoms with Gasteiger partial charge in [-0.1, -0.05) is 15.9 Å². The molecule has 0 unspecified atom stereocenters. The lowest BCUT2D eigenvalue weighted by molar-refractivity contribution is 0.333. The highest BCUT2D eigenvalue weighted by molar-refractivity contribution is 9.10. The zero-order valence-corrected chi connectivity index (χ0v) is 9.53. The van der Waals surface area contributed by atoms with E-state index in [1.807, 2.05) is 24.3 Å². The summed E-state index contributed by atoms with van der Waals surface area (Å²) >= 11 is 3.35. The molecule has 0 saturated carbocycles. The van der Waals surface area contributed by atoms with E-state index >= 15 is 0 Å². The summed E-state index contributed by atoms with van der Waals surface area (Å²) in [5.74, 6) is 1.90. The number of halogens is 1. The Kier molecular flexibility index (Phi) is 3.08. The molecule has 78 valence electrons. The van der Waals surface area contributed by atoms with Crippen LogP contribution in [-0.2, 0) is 6.54 Å². The molecule has 0 amide bonds. The minimum absolute atomic E-state index is 0.379. The molecule has 0 fully saturated rings. The Balaban J connectivity index is 2.11. The summed E-state index contributed by atoms with van der Waals surface area (Å²) in [5.41, 5.74) is 5.42. The van der Waals surface area contributed by atoms with E-state index in [0.29, 0.717) is 18.3 Å². The molecule has 0 saturated heterocycles. The van der Waals surface area contributed by atoms with Gasteiger partial charge in [-0.15, -0.1) is 0 Å². The Morgan fingerprint density at radius 1 is 1.13 bits per heavy atom. The highest BCUT2D eigenvalue weighted by Crippen LogP contribution is 2.24. The maximum Gasteiger partial charge on any atom is 0.290 e. The van der Waals surface area contributed by atoms with Crippen molar-refractivity contribution in [2.45, 2.75) is 6.54 Å². The molecule has 1 heterocycles. The van der Waals surface area contributed by atoms with Gasteiger partial charge in [0, 0.05) is 10.5 Å². The summed E-state index contributed by atoms with van der Waals surface area (Å²) in [6, 6.07) is 11.1. The van der Waals surface area contributed by atoms with E-state index in [1.54, 1.807) is 12.1 Å². The monoisotopic (exact) mass is 267 g/mol. The van der Waals surface area contributed by atoms with Crippen LogP contribution in [0.25, 0.3) is 0 Å². The first-order chi connectivity index (χ1) is 7.28. The second kappa shape index (κ2) is 4.51. The molecule has 2 N–H and O–H groups in total. The number of nitrogens with two attached hydrogens (primary N) is 1. The Bertz CT molecular complexity index is 436. The summed E-state index contributed by atoms with van der Waals surface area (Å²) in [5, 5.41) is 0. The smallest absolute Gasteiger partial charge is 0.290 e. The number of rotatable bonds is 3. The van der Waals surface area contributed by atoms with Crippen molar-refractivity contribution in [2.24, 2.45) is 5.73 Å². The molecule has 15 heavy (non-hydrogen) atoms. The molecule has 2 aromatic rings. The fraction of sp³-hybridized carbons (Fsp3) is 0.0909. The number of benzene rings is 1. The van der Waals surface area contributed by atoms with Crippen molar-refractivity contribution in [1.82, 2.24) is 0 Å². The second-order valence-corrected chi connectivity index (χ2v) is 3.90. The van der Waals surface area contributed by atoms with Gasteiger partial charge in [-0.3, -0.25) is 0 Å². The number of ether oxygens (including phenoxy) is 1. The van der Waals surface area contributed by atoms with Gasteiger partial charge in [0.15, 0.2) is 0 Å². The van der Waals surface area contributed by atoms with Crippen LogP contribution in [0.4, 0.5) is 0 Å². The summed E-state index contributed by atoms with van der Waals surface area (Å²) in [7, 11) is 0. The molecule has 0 aliphatic carbocycles. The molecule has 0 bridgehead atoms. The van der Waals surface area contributed by atoms with E-state index in [2.05, 4.69) is 15.9 Å². The van der Waals surface area contributed by atoms with Crippen molar-refractivity contribution in [1.29, 1.82) is 0 Å². The normalized spacial score (nSPS) is 10.3. The Labute approximate surface area is 96.0 Å². The molecule has 0 spiro atoms. The summed E-state index contributed by atoms with van der Waals surface area (Å²) in [6.07, 6.45) is 0. The second-order valence-electron chi connectivity index (χ2n) is 2.98. The maximum absolute atomic E-state index is 5.47. The lowest BCUT2D eigenvalue weighted by atomic mass is 10.3. The fourth-order valence-corrected chi connectivity index (χ4v) is 1.41. The lowest BCUT2D eigenvalue weighted by Crippen LogP contribution is -1.92. The van der Waals surface area contributed by atoms with Crippen LogP contribution < -0.4 is 10.5 Å². The fourth-order valence-electron chi connectivity index (χ4n) is 1.14. The molecule has 4 heteroatoms. The number of hydrogen-bond donors (Lipinski definition) is 1. The van der Waals surface area contributed by atoms with E-state index in [1.165, 1.54) is 0 Å². The van der Waals surface area contributed by atoms with Crippen LogP contribution >= 0.6 is 15.9 Å². The van der Waals surface area contributed by atoms with Gasteiger partial charge in [-0.05, 0) is 30.3 Å². The highest BCUT2D eigenvalue weighted by atomic mass is 79.9. The van der Waals surface area contributed by atoms with Crippen LogP contribution in [0.3, 0.4) is 0 Å². The molecule has 3 nitrogen and oxygen atoms in total. The Hall–Kier alpha value is -1.26. The van der Waals surface area contributed by atoms with Gasteiger partial charge in [0.2, 0.25) is 0 Å². The minimum atomic E-state index is 0.379. The van der Waals surface area contributed by atoms with Gasteiger partial charge in [-0.25, -0.2) is 0 Å². The molecule has 1 aromatic carbocycles. The first kappa shape index (κ1) is 10.3. The third-order valence-corrected chi connectivity index (χ3v) is 2.40. The molecule has 2 rings (SSSR count). The standard InChI is InChI=1S/C11H10BrNO2/c12-8-1-3-9(4-2-8)14-11-6-5-10(7-13)15-11/h1-6H,7,13H2. The quantitative estimate of drug-likeness (QED) is 0.929. The first-order valence-corrected chi connectivity index (χ1v) is 5.29. The first-order valence-electron chi connectivity index (χ1n) is 4.50. The van der Waals surface area contributed by atoms with Crippen molar-refractivity contribution in [3.8, 4) is 11.7 Å². The zero-order valence-electron chi connectivity index (χ0n) is 7.94. The van der Waals surface area contributed by atoms with Gasteiger partial charge in [-0.2, -0.15) is 0 Å². The predicted molar refractivity (Wildman–Crippen MR) is 60.8 cm³/mol. The van der Waals surface area contributed by atoms with Crippen molar-refractivity contribution in [3.63, 3.8) is 0 Å². The van der Waals surface area contributed by atoms with Gasteiger partial charge in [0.05, 0.1) is 6.54 Å². The third-order valence-electron chi connectivity index (χ3n) is 1.87. The van der Waals surface area contributed by atoms with E-state index in [-0.39, 0.29) is 0 Å². The Morgan fingerprint density at radius 3 is 2.47 bits per heavy atom. The van der Waals surface area contributed by atoms with Crippen LogP contribution in [0.2, 0.25) is 0 Å². The van der Waals surface area contributed by atoms with Crippen molar-refractivity contribution in [2.75, 3.05) is 0 Å². The number of hydrogen-bond acceptors (Lipinski definition) is 3. The lowest BCUT2D eigenvalue weighted by Gasteiger charge is -2.01. The minimum Gasteiger partial charge on any atom is -0.429 e. The summed E-state index contributed by atoms with van der Waals surface area (Å²) in [4.78, 5) is 0. The molecule has 0 atom stereocenters. The molecule has 0 radical (unpaired) electrons. The average Bonchev–Trinajstić information content (AvgIpc) is 2.69. The molecule has 0 aliphatic rings. The van der Waals surface area contributed by atoms with E-state index < -0.39 is 0 Å². The average molecular weight is 268 g/mol. The highest BCUT2D eigenvalue weighted by Gasteiger charge is 2.02. The van der Waals surface area contributed by atoms with Gasteiger partial charge >= 0.3 is 0 Å². The van der Waals surface area contributed by atoms with Crippen LogP contribution in [-0.4, -0.2) is 0 Å². The van der Waals surface area contributed by atoms with Crippen LogP contribution in [0.15, 0.2) is 45.3 Å². The maximum atomic E-state index is 5.47. The van der Waals surface area contributed by atoms with Crippen LogP contribution in [0, 0.1) is 0 Å². The van der Waals surface area contributed by atoms with Crippen molar-refractivity contribution in [3.05, 3.63) is 46.6 Å². The van der Waals surface area contributed by atoms with E-state index in [0.717, 1.165) is 10.2 Å². The third kappa shape index (κ3) is 2.61. The van der Waals surface area contributed by atoms with E-state index in [9.17, 15) is 0 Å². The topological polar surface area (TPSA) is 48.4 Å². The molecular weight excluding hydrogens is 258 g/mol. The number of furan rings is 1. The molecule has 1 aromatic heterocycles.